The highest BCUT2D eigenvalue weighted by Crippen LogP contribution is 2.30. The molecule has 0 saturated carbocycles. The lowest BCUT2D eigenvalue weighted by atomic mass is 9.86. The number of carbonyl (C=O) groups is 2. The predicted octanol–water partition coefficient (Wildman–Crippen LogP) is 4.37. The summed E-state index contributed by atoms with van der Waals surface area (Å²) in [5.74, 6) is 0.104. The summed E-state index contributed by atoms with van der Waals surface area (Å²) < 4.78 is 5.61. The van der Waals surface area contributed by atoms with Crippen molar-refractivity contribution >= 4 is 23.2 Å². The summed E-state index contributed by atoms with van der Waals surface area (Å²) in [6.45, 7) is 10.0. The smallest absolute Gasteiger partial charge is 0.244 e. The fraction of sp³-hybridized carbons (Fsp3) is 0.364. The molecule has 0 fully saturated rings. The van der Waals surface area contributed by atoms with Crippen LogP contribution >= 0.6 is 0 Å². The second kappa shape index (κ2) is 8.71. The molecular formula is C22H28N2O3. The maximum Gasteiger partial charge on any atom is 0.244 e. The molecule has 1 N–H and O–H groups in total. The van der Waals surface area contributed by atoms with Gasteiger partial charge in [0.2, 0.25) is 11.8 Å². The molecule has 0 atom stereocenters. The van der Waals surface area contributed by atoms with Gasteiger partial charge in [0, 0.05) is 12.6 Å². The van der Waals surface area contributed by atoms with E-state index in [9.17, 15) is 9.59 Å². The average molecular weight is 368 g/mol. The largest absolute Gasteiger partial charge is 0.492 e. The van der Waals surface area contributed by atoms with Crippen LogP contribution in [0.25, 0.3) is 0 Å². The van der Waals surface area contributed by atoms with E-state index in [0.717, 1.165) is 11.3 Å². The third-order valence-corrected chi connectivity index (χ3v) is 4.15. The molecule has 2 rings (SSSR count). The fourth-order valence-electron chi connectivity index (χ4n) is 2.90. The van der Waals surface area contributed by atoms with Crippen LogP contribution in [0, 0.1) is 0 Å². The van der Waals surface area contributed by atoms with Gasteiger partial charge in [-0.15, -0.1) is 0 Å². The van der Waals surface area contributed by atoms with E-state index in [0.29, 0.717) is 18.0 Å². The minimum absolute atomic E-state index is 0.0854. The first-order valence-corrected chi connectivity index (χ1v) is 9.13. The van der Waals surface area contributed by atoms with Crippen molar-refractivity contribution in [2.75, 3.05) is 23.4 Å². The normalized spacial score (nSPS) is 11.0. The Bertz CT molecular complexity index is 809. The summed E-state index contributed by atoms with van der Waals surface area (Å²) in [5, 5.41) is 2.95. The molecule has 0 heterocycles. The summed E-state index contributed by atoms with van der Waals surface area (Å²) >= 11 is 0. The van der Waals surface area contributed by atoms with Crippen molar-refractivity contribution in [1.82, 2.24) is 0 Å². The molecule has 2 aromatic carbocycles. The van der Waals surface area contributed by atoms with Crippen molar-refractivity contribution in [1.29, 1.82) is 0 Å². The molecule has 0 spiro atoms. The second-order valence-electron chi connectivity index (χ2n) is 7.35. The minimum Gasteiger partial charge on any atom is -0.492 e. The highest BCUT2D eigenvalue weighted by molar-refractivity contribution is 6.02. The van der Waals surface area contributed by atoms with E-state index in [1.165, 1.54) is 11.8 Å². The van der Waals surface area contributed by atoms with Gasteiger partial charge in [0.05, 0.1) is 12.3 Å². The van der Waals surface area contributed by atoms with E-state index in [1.54, 1.807) is 12.1 Å². The molecule has 0 unspecified atom stereocenters. The van der Waals surface area contributed by atoms with Crippen molar-refractivity contribution in [2.45, 2.75) is 40.0 Å². The van der Waals surface area contributed by atoms with E-state index < -0.39 is 0 Å². The maximum absolute atomic E-state index is 12.7. The average Bonchev–Trinajstić information content (AvgIpc) is 2.60. The first-order chi connectivity index (χ1) is 12.7. The summed E-state index contributed by atoms with van der Waals surface area (Å²) in [6.07, 6.45) is 0. The number of hydrogen-bond donors (Lipinski definition) is 1. The number of hydrogen-bond acceptors (Lipinski definition) is 3. The Morgan fingerprint density at radius 1 is 1.04 bits per heavy atom. The van der Waals surface area contributed by atoms with Crippen LogP contribution in [0.1, 0.15) is 40.2 Å². The highest BCUT2D eigenvalue weighted by Gasteiger charge is 2.22. The molecule has 2 amide bonds. The van der Waals surface area contributed by atoms with Crippen molar-refractivity contribution in [3.63, 3.8) is 0 Å². The standard InChI is InChI=1S/C22H28N2O3/c1-6-27-20-14-10-9-13-19(20)24(16(2)25)15-21(26)23-18-12-8-7-11-17(18)22(3,4)5/h7-14H,6,15H2,1-5H3,(H,23,26). The summed E-state index contributed by atoms with van der Waals surface area (Å²) in [5.41, 5.74) is 2.29. The van der Waals surface area contributed by atoms with Gasteiger partial charge in [0.25, 0.3) is 0 Å². The van der Waals surface area contributed by atoms with Crippen LogP contribution in [-0.2, 0) is 15.0 Å². The summed E-state index contributed by atoms with van der Waals surface area (Å²) in [7, 11) is 0. The van der Waals surface area contributed by atoms with Crippen LogP contribution in [0.4, 0.5) is 11.4 Å². The van der Waals surface area contributed by atoms with Gasteiger partial charge in [-0.3, -0.25) is 14.5 Å². The molecular weight excluding hydrogens is 340 g/mol. The van der Waals surface area contributed by atoms with Gasteiger partial charge in [-0.2, -0.15) is 0 Å². The number of nitrogens with one attached hydrogen (secondary N) is 1. The third kappa shape index (κ3) is 5.33. The number of nitrogens with zero attached hydrogens (tertiary/aromatic N) is 1. The lowest BCUT2D eigenvalue weighted by Crippen LogP contribution is -2.37. The van der Waals surface area contributed by atoms with Crippen LogP contribution in [0.5, 0.6) is 5.75 Å². The van der Waals surface area contributed by atoms with E-state index in [1.807, 2.05) is 43.3 Å². The van der Waals surface area contributed by atoms with Crippen LogP contribution in [0.3, 0.4) is 0 Å². The third-order valence-electron chi connectivity index (χ3n) is 4.15. The number of rotatable bonds is 6. The van der Waals surface area contributed by atoms with Crippen LogP contribution in [0.15, 0.2) is 48.5 Å². The first-order valence-electron chi connectivity index (χ1n) is 9.13. The van der Waals surface area contributed by atoms with Crippen LogP contribution < -0.4 is 15.0 Å². The number of benzene rings is 2. The van der Waals surface area contributed by atoms with Crippen molar-refractivity contribution in [3.05, 3.63) is 54.1 Å². The highest BCUT2D eigenvalue weighted by atomic mass is 16.5. The molecule has 0 aliphatic carbocycles. The zero-order valence-corrected chi connectivity index (χ0v) is 16.7. The molecule has 27 heavy (non-hydrogen) atoms. The molecule has 5 nitrogen and oxygen atoms in total. The molecule has 0 aromatic heterocycles. The Hall–Kier alpha value is -2.82. The van der Waals surface area contributed by atoms with E-state index in [4.69, 9.17) is 4.74 Å². The van der Waals surface area contributed by atoms with Gasteiger partial charge >= 0.3 is 0 Å². The molecule has 0 bridgehead atoms. The molecule has 5 heteroatoms. The number of para-hydroxylation sites is 3. The quantitative estimate of drug-likeness (QED) is 0.823. The molecule has 0 saturated heterocycles. The Morgan fingerprint density at radius 2 is 1.67 bits per heavy atom. The van der Waals surface area contributed by atoms with Gasteiger partial charge < -0.3 is 10.1 Å². The second-order valence-corrected chi connectivity index (χ2v) is 7.35. The molecule has 0 aliphatic heterocycles. The zero-order valence-electron chi connectivity index (χ0n) is 16.7. The van der Waals surface area contributed by atoms with Crippen LogP contribution in [0.2, 0.25) is 0 Å². The van der Waals surface area contributed by atoms with Crippen molar-refractivity contribution in [2.24, 2.45) is 0 Å². The van der Waals surface area contributed by atoms with Crippen molar-refractivity contribution in [3.8, 4) is 5.75 Å². The SMILES string of the molecule is CCOc1ccccc1N(CC(=O)Nc1ccccc1C(C)(C)C)C(C)=O. The Morgan fingerprint density at radius 3 is 2.30 bits per heavy atom. The van der Waals surface area contributed by atoms with Gasteiger partial charge in [-0.05, 0) is 36.1 Å². The van der Waals surface area contributed by atoms with Crippen molar-refractivity contribution < 1.29 is 14.3 Å². The van der Waals surface area contributed by atoms with Gasteiger partial charge in [-0.25, -0.2) is 0 Å². The Balaban J connectivity index is 2.24. The van der Waals surface area contributed by atoms with Crippen LogP contribution in [-0.4, -0.2) is 25.0 Å². The van der Waals surface area contributed by atoms with Gasteiger partial charge in [-0.1, -0.05) is 51.1 Å². The number of anilines is 2. The number of ether oxygens (including phenoxy) is 1. The predicted molar refractivity (Wildman–Crippen MR) is 109 cm³/mol. The number of amides is 2. The Labute approximate surface area is 161 Å². The van der Waals surface area contributed by atoms with E-state index in [2.05, 4.69) is 26.1 Å². The van der Waals surface area contributed by atoms with Gasteiger partial charge in [0.15, 0.2) is 0 Å². The summed E-state index contributed by atoms with van der Waals surface area (Å²) in [6, 6.07) is 15.0. The molecule has 144 valence electrons. The molecule has 0 radical (unpaired) electrons. The Kier molecular flexibility index (Phi) is 6.61. The minimum atomic E-state index is -0.256. The van der Waals surface area contributed by atoms with E-state index in [-0.39, 0.29) is 23.8 Å². The fourth-order valence-corrected chi connectivity index (χ4v) is 2.90. The topological polar surface area (TPSA) is 58.6 Å². The zero-order chi connectivity index (χ0) is 20.0. The first kappa shape index (κ1) is 20.5. The molecule has 2 aromatic rings. The maximum atomic E-state index is 12.7. The molecule has 0 aliphatic rings. The lowest BCUT2D eigenvalue weighted by molar-refractivity contribution is -0.120. The summed E-state index contributed by atoms with van der Waals surface area (Å²) in [4.78, 5) is 26.3. The monoisotopic (exact) mass is 368 g/mol. The van der Waals surface area contributed by atoms with Gasteiger partial charge in [0.1, 0.15) is 12.3 Å². The van der Waals surface area contributed by atoms with E-state index >= 15 is 0 Å². The number of carbonyl (C=O) groups excluding carboxylic acids is 2. The lowest BCUT2D eigenvalue weighted by Gasteiger charge is -2.25.